The van der Waals surface area contributed by atoms with Crippen molar-refractivity contribution >= 4 is 41.2 Å². The summed E-state index contributed by atoms with van der Waals surface area (Å²) in [5, 5.41) is 24.0. The van der Waals surface area contributed by atoms with Crippen molar-refractivity contribution in [3.05, 3.63) is 156 Å². The van der Waals surface area contributed by atoms with Crippen LogP contribution in [0.15, 0.2) is 134 Å². The topological polar surface area (TPSA) is 196 Å². The van der Waals surface area contributed by atoms with E-state index in [4.69, 9.17) is 0 Å². The summed E-state index contributed by atoms with van der Waals surface area (Å²) in [7, 11) is 0. The number of anilines is 1. The number of carboxylic acid groups (broad SMARTS) is 1. The third-order valence-electron chi connectivity index (χ3n) is 10.0. The van der Waals surface area contributed by atoms with Gasteiger partial charge in [0.15, 0.2) is 0 Å². The van der Waals surface area contributed by atoms with Gasteiger partial charge in [-0.05, 0) is 70.5 Å². The van der Waals surface area contributed by atoms with Crippen LogP contribution in [0.25, 0.3) is 11.1 Å². The average molecular weight is 795 g/mol. The Morgan fingerprint density at radius 1 is 0.559 bits per heavy atom. The molecule has 0 saturated carbocycles. The standard InChI is InChI=1S/C46H46N6O7/c53-41-21-22-42(54)49-37(20-15-30-7-3-1-4-8-30)43(55)50-39(28-32-11-16-34(17-12-32)35-23-25-47-26-24-35)44(56)51-38(27-31-9-5-2-6-10-31)45(57)52-40(46(58)59)29-33-13-18-36(48-41)19-14-33/h1-14,16-19,23-26,37-40H,15,20-22,27-29H2,(H,48,53)(H,49,54)(H,50,55)(H,51,56)(H,52,57)(H,58,59). The Morgan fingerprint density at radius 2 is 1.08 bits per heavy atom. The molecular weight excluding hydrogens is 749 g/mol. The Bertz CT molecular complexity index is 2220. The van der Waals surface area contributed by atoms with Gasteiger partial charge in [-0.15, -0.1) is 0 Å². The Hall–Kier alpha value is -7.15. The van der Waals surface area contributed by atoms with Gasteiger partial charge in [0.1, 0.15) is 24.2 Å². The van der Waals surface area contributed by atoms with Crippen molar-refractivity contribution in [1.82, 2.24) is 26.3 Å². The van der Waals surface area contributed by atoms with Crippen LogP contribution < -0.4 is 26.6 Å². The molecule has 0 saturated heterocycles. The molecule has 2 aliphatic rings. The third-order valence-corrected chi connectivity index (χ3v) is 10.0. The highest BCUT2D eigenvalue weighted by molar-refractivity contribution is 5.96. The molecule has 0 radical (unpaired) electrons. The highest BCUT2D eigenvalue weighted by atomic mass is 16.4. The quantitative estimate of drug-likeness (QED) is 0.120. The number of aryl methyl sites for hydroxylation is 1. The van der Waals surface area contributed by atoms with Crippen LogP contribution in [0.3, 0.4) is 0 Å². The Morgan fingerprint density at radius 3 is 1.69 bits per heavy atom. The molecule has 5 amide bonds. The van der Waals surface area contributed by atoms with E-state index in [-0.39, 0.29) is 38.5 Å². The molecule has 59 heavy (non-hydrogen) atoms. The zero-order valence-electron chi connectivity index (χ0n) is 32.3. The smallest absolute Gasteiger partial charge is 0.326 e. The second-order valence-electron chi connectivity index (χ2n) is 14.4. The fourth-order valence-electron chi connectivity index (χ4n) is 6.80. The summed E-state index contributed by atoms with van der Waals surface area (Å²) >= 11 is 0. The third kappa shape index (κ3) is 12.4. The molecule has 1 aromatic heterocycles. The number of fused-ring (bicyclic) bond motifs is 18. The summed E-state index contributed by atoms with van der Waals surface area (Å²) in [6.45, 7) is 0. The number of nitrogens with one attached hydrogen (secondary N) is 5. The molecule has 13 heteroatoms. The number of benzene rings is 4. The van der Waals surface area contributed by atoms with Gasteiger partial charge in [-0.2, -0.15) is 0 Å². The molecule has 0 spiro atoms. The summed E-state index contributed by atoms with van der Waals surface area (Å²) < 4.78 is 0. The number of hydrogen-bond acceptors (Lipinski definition) is 7. The Labute approximate surface area is 342 Å². The van der Waals surface area contributed by atoms with Gasteiger partial charge in [0.05, 0.1) is 0 Å². The van der Waals surface area contributed by atoms with Crippen LogP contribution in [-0.2, 0) is 54.5 Å². The van der Waals surface area contributed by atoms with Gasteiger partial charge in [0.25, 0.3) is 0 Å². The molecule has 6 N–H and O–H groups in total. The SMILES string of the molecule is O=C1CCC(=O)NC(CCc2ccccc2)C(=O)NC(Cc2ccc(-c3ccncc3)cc2)C(=O)NC(Cc2ccccc2)C(=O)NC(C(=O)O)Cc2ccc(cc2)N1. The molecule has 7 rings (SSSR count). The number of aromatic nitrogens is 1. The Balaban J connectivity index is 1.34. The number of carbonyl (C=O) groups excluding carboxylic acids is 5. The first-order valence-corrected chi connectivity index (χ1v) is 19.5. The molecule has 4 unspecified atom stereocenters. The van der Waals surface area contributed by atoms with Gasteiger partial charge in [0, 0.05) is 50.2 Å². The second kappa shape index (κ2) is 20.3. The lowest BCUT2D eigenvalue weighted by Gasteiger charge is -2.26. The molecule has 3 heterocycles. The van der Waals surface area contributed by atoms with E-state index in [0.29, 0.717) is 28.8 Å². The zero-order valence-corrected chi connectivity index (χ0v) is 32.3. The van der Waals surface area contributed by atoms with E-state index in [1.54, 1.807) is 60.9 Å². The number of carboxylic acids is 1. The van der Waals surface area contributed by atoms with Gasteiger partial charge in [0.2, 0.25) is 29.5 Å². The summed E-state index contributed by atoms with van der Waals surface area (Å²) in [4.78, 5) is 85.4. The summed E-state index contributed by atoms with van der Waals surface area (Å²) in [5.74, 6) is -4.29. The molecule has 2 aliphatic heterocycles. The van der Waals surface area contributed by atoms with Gasteiger partial charge < -0.3 is 31.7 Å². The van der Waals surface area contributed by atoms with Crippen LogP contribution in [0.5, 0.6) is 0 Å². The molecule has 4 atom stereocenters. The molecule has 0 aliphatic carbocycles. The maximum atomic E-state index is 14.4. The van der Waals surface area contributed by atoms with Gasteiger partial charge in [-0.25, -0.2) is 4.79 Å². The van der Waals surface area contributed by atoms with Crippen LogP contribution in [0.2, 0.25) is 0 Å². The number of rotatable bonds is 9. The number of aliphatic carboxylic acids is 1. The van der Waals surface area contributed by atoms with E-state index < -0.39 is 59.7 Å². The maximum Gasteiger partial charge on any atom is 0.326 e. The van der Waals surface area contributed by atoms with Crippen LogP contribution in [0.1, 0.15) is 41.5 Å². The van der Waals surface area contributed by atoms with E-state index in [9.17, 15) is 33.9 Å². The first-order chi connectivity index (χ1) is 28.6. The second-order valence-corrected chi connectivity index (χ2v) is 14.4. The van der Waals surface area contributed by atoms with Crippen LogP contribution in [-0.4, -0.2) is 69.8 Å². The predicted octanol–water partition coefficient (Wildman–Crippen LogP) is 4.17. The minimum Gasteiger partial charge on any atom is -0.480 e. The number of hydrogen-bond donors (Lipinski definition) is 6. The lowest BCUT2D eigenvalue weighted by Crippen LogP contribution is -2.59. The number of amides is 5. The molecule has 2 bridgehead atoms. The lowest BCUT2D eigenvalue weighted by atomic mass is 9.99. The molecule has 5 aromatic rings. The van der Waals surface area contributed by atoms with E-state index in [0.717, 1.165) is 16.7 Å². The lowest BCUT2D eigenvalue weighted by molar-refractivity contribution is -0.142. The van der Waals surface area contributed by atoms with E-state index in [1.807, 2.05) is 72.8 Å². The zero-order chi connectivity index (χ0) is 41.6. The molecule has 4 aromatic carbocycles. The summed E-state index contributed by atoms with van der Waals surface area (Å²) in [6.07, 6.45) is 3.57. The number of carbonyl (C=O) groups is 6. The van der Waals surface area contributed by atoms with E-state index in [2.05, 4.69) is 31.6 Å². The number of nitrogens with zero attached hydrogens (tertiary/aromatic N) is 1. The highest BCUT2D eigenvalue weighted by Gasteiger charge is 2.32. The van der Waals surface area contributed by atoms with E-state index in [1.165, 1.54) is 0 Å². The Kier molecular flexibility index (Phi) is 14.3. The van der Waals surface area contributed by atoms with Gasteiger partial charge in [-0.1, -0.05) is 97.1 Å². The van der Waals surface area contributed by atoms with Crippen molar-refractivity contribution in [1.29, 1.82) is 0 Å². The van der Waals surface area contributed by atoms with Crippen molar-refractivity contribution in [2.45, 2.75) is 69.1 Å². The summed E-state index contributed by atoms with van der Waals surface area (Å²) in [6, 6.07) is 31.2. The molecule has 302 valence electrons. The molecule has 0 fully saturated rings. The van der Waals surface area contributed by atoms with Crippen LogP contribution in [0, 0.1) is 0 Å². The fourth-order valence-corrected chi connectivity index (χ4v) is 6.80. The van der Waals surface area contributed by atoms with Crippen molar-refractivity contribution in [2.24, 2.45) is 0 Å². The first kappa shape index (κ1) is 41.5. The molecule has 13 nitrogen and oxygen atoms in total. The van der Waals surface area contributed by atoms with E-state index >= 15 is 0 Å². The van der Waals surface area contributed by atoms with Crippen molar-refractivity contribution in [3.8, 4) is 11.1 Å². The first-order valence-electron chi connectivity index (χ1n) is 19.5. The van der Waals surface area contributed by atoms with Crippen LogP contribution in [0.4, 0.5) is 5.69 Å². The van der Waals surface area contributed by atoms with Gasteiger partial charge in [-0.3, -0.25) is 29.0 Å². The van der Waals surface area contributed by atoms with Crippen molar-refractivity contribution in [2.75, 3.05) is 5.32 Å². The predicted molar refractivity (Wildman–Crippen MR) is 222 cm³/mol. The number of pyridine rings is 1. The minimum absolute atomic E-state index is 0.0149. The highest BCUT2D eigenvalue weighted by Crippen LogP contribution is 2.20. The van der Waals surface area contributed by atoms with Crippen LogP contribution >= 0.6 is 0 Å². The summed E-state index contributed by atoms with van der Waals surface area (Å²) in [5.41, 5.74) is 5.20. The van der Waals surface area contributed by atoms with Crippen molar-refractivity contribution < 1.29 is 33.9 Å². The monoisotopic (exact) mass is 794 g/mol. The average Bonchev–Trinajstić information content (AvgIpc) is 3.25. The van der Waals surface area contributed by atoms with Crippen molar-refractivity contribution in [3.63, 3.8) is 0 Å². The largest absolute Gasteiger partial charge is 0.480 e. The minimum atomic E-state index is -1.36. The fraction of sp³-hybridized carbons (Fsp3) is 0.239. The molecular formula is C46H46N6O7. The normalized spacial score (nSPS) is 19.6. The van der Waals surface area contributed by atoms with Gasteiger partial charge >= 0.3 is 5.97 Å². The maximum absolute atomic E-state index is 14.4.